The van der Waals surface area contributed by atoms with E-state index in [1.165, 1.54) is 17.8 Å². The number of nitrogens with one attached hydrogen (secondary N) is 2. The number of rotatable bonds is 7. The summed E-state index contributed by atoms with van der Waals surface area (Å²) in [5.41, 5.74) is 0.488. The van der Waals surface area contributed by atoms with Gasteiger partial charge in [-0.2, -0.15) is 13.2 Å². The number of carbonyl (C=O) groups is 2. The lowest BCUT2D eigenvalue weighted by molar-refractivity contribution is -0.137. The number of hydrogen-bond acceptors (Lipinski definition) is 3. The van der Waals surface area contributed by atoms with Gasteiger partial charge in [-0.05, 0) is 61.0 Å². The summed E-state index contributed by atoms with van der Waals surface area (Å²) in [7, 11) is 0. The predicted molar refractivity (Wildman–Crippen MR) is 131 cm³/mol. The lowest BCUT2D eigenvalue weighted by atomic mass is 10.2. The van der Waals surface area contributed by atoms with Crippen LogP contribution < -0.4 is 10.6 Å². The van der Waals surface area contributed by atoms with Crippen LogP contribution >= 0.6 is 23.4 Å². The normalized spacial score (nSPS) is 12.4. The highest BCUT2D eigenvalue weighted by molar-refractivity contribution is 8.00. The largest absolute Gasteiger partial charge is 0.416 e. The minimum absolute atomic E-state index is 0.0139. The second-order valence-corrected chi connectivity index (χ2v) is 9.02. The van der Waals surface area contributed by atoms with Crippen LogP contribution in [0.25, 0.3) is 6.08 Å². The van der Waals surface area contributed by atoms with E-state index in [2.05, 4.69) is 10.6 Å². The molecule has 3 aromatic rings. The Morgan fingerprint density at radius 2 is 1.65 bits per heavy atom. The second-order valence-electron chi connectivity index (χ2n) is 7.20. The predicted octanol–water partition coefficient (Wildman–Crippen LogP) is 7.13. The SMILES string of the molecule is CC(Sc1ccc(NC(=O)/C=C/c2ccccc2)cc1)C(=O)Nc1cc(C(F)(F)F)ccc1Cl. The number of amides is 2. The molecule has 0 fully saturated rings. The van der Waals surface area contributed by atoms with E-state index in [1.54, 1.807) is 37.3 Å². The zero-order valence-electron chi connectivity index (χ0n) is 17.9. The summed E-state index contributed by atoms with van der Waals surface area (Å²) in [6.07, 6.45) is -1.40. The van der Waals surface area contributed by atoms with E-state index in [0.717, 1.165) is 28.7 Å². The number of benzene rings is 3. The Morgan fingerprint density at radius 1 is 0.971 bits per heavy atom. The van der Waals surface area contributed by atoms with Crippen LogP contribution in [0.3, 0.4) is 0 Å². The van der Waals surface area contributed by atoms with Crippen molar-refractivity contribution in [1.82, 2.24) is 0 Å². The molecule has 3 aromatic carbocycles. The van der Waals surface area contributed by atoms with E-state index in [9.17, 15) is 22.8 Å². The first-order valence-electron chi connectivity index (χ1n) is 10.1. The first-order valence-corrected chi connectivity index (χ1v) is 11.4. The van der Waals surface area contributed by atoms with Gasteiger partial charge in [0.05, 0.1) is 21.5 Å². The first-order chi connectivity index (χ1) is 16.1. The third-order valence-corrected chi connectivity index (χ3v) is 6.02. The van der Waals surface area contributed by atoms with Crippen LogP contribution in [0.2, 0.25) is 5.02 Å². The van der Waals surface area contributed by atoms with E-state index in [0.29, 0.717) is 5.69 Å². The van der Waals surface area contributed by atoms with Crippen LogP contribution in [0.5, 0.6) is 0 Å². The van der Waals surface area contributed by atoms with Crippen LogP contribution in [0.4, 0.5) is 24.5 Å². The molecule has 1 unspecified atom stereocenters. The quantitative estimate of drug-likeness (QED) is 0.266. The van der Waals surface area contributed by atoms with Crippen LogP contribution in [-0.4, -0.2) is 17.1 Å². The van der Waals surface area contributed by atoms with Crippen molar-refractivity contribution in [3.05, 3.63) is 95.0 Å². The molecule has 0 saturated carbocycles. The van der Waals surface area contributed by atoms with Crippen molar-refractivity contribution in [2.45, 2.75) is 23.2 Å². The molecule has 0 bridgehead atoms. The van der Waals surface area contributed by atoms with Gasteiger partial charge < -0.3 is 10.6 Å². The number of anilines is 2. The minimum atomic E-state index is -4.54. The summed E-state index contributed by atoms with van der Waals surface area (Å²) < 4.78 is 38.8. The molecular formula is C25H20ClF3N2O2S. The fraction of sp³-hybridized carbons (Fsp3) is 0.120. The second kappa shape index (κ2) is 11.3. The Hall–Kier alpha value is -3.23. The number of alkyl halides is 3. The molecule has 2 amide bonds. The molecule has 4 nitrogen and oxygen atoms in total. The van der Waals surface area contributed by atoms with Crippen molar-refractivity contribution < 1.29 is 22.8 Å². The van der Waals surface area contributed by atoms with Gasteiger partial charge in [0, 0.05) is 16.7 Å². The van der Waals surface area contributed by atoms with Crippen molar-refractivity contribution in [1.29, 1.82) is 0 Å². The lowest BCUT2D eigenvalue weighted by Crippen LogP contribution is -2.22. The highest BCUT2D eigenvalue weighted by Crippen LogP contribution is 2.34. The Balaban J connectivity index is 1.56. The Kier molecular flexibility index (Phi) is 8.41. The van der Waals surface area contributed by atoms with E-state index >= 15 is 0 Å². The Labute approximate surface area is 204 Å². The molecule has 9 heteroatoms. The monoisotopic (exact) mass is 504 g/mol. The van der Waals surface area contributed by atoms with Gasteiger partial charge in [0.1, 0.15) is 0 Å². The van der Waals surface area contributed by atoms with Gasteiger partial charge >= 0.3 is 6.18 Å². The zero-order chi connectivity index (χ0) is 24.7. The smallest absolute Gasteiger partial charge is 0.324 e. The summed E-state index contributed by atoms with van der Waals surface area (Å²) in [6, 6.07) is 19.0. The Morgan fingerprint density at radius 3 is 2.29 bits per heavy atom. The molecule has 0 radical (unpaired) electrons. The highest BCUT2D eigenvalue weighted by atomic mass is 35.5. The van der Waals surface area contributed by atoms with Crippen molar-refractivity contribution >= 4 is 52.6 Å². The molecule has 2 N–H and O–H groups in total. The van der Waals surface area contributed by atoms with E-state index in [-0.39, 0.29) is 16.6 Å². The third kappa shape index (κ3) is 7.40. The minimum Gasteiger partial charge on any atom is -0.324 e. The van der Waals surface area contributed by atoms with Crippen molar-refractivity contribution in [2.75, 3.05) is 10.6 Å². The number of halogens is 4. The number of carbonyl (C=O) groups excluding carboxylic acids is 2. The third-order valence-electron chi connectivity index (χ3n) is 4.58. The fourth-order valence-corrected chi connectivity index (χ4v) is 3.86. The van der Waals surface area contributed by atoms with Crippen molar-refractivity contribution in [3.63, 3.8) is 0 Å². The maximum Gasteiger partial charge on any atom is 0.416 e. The lowest BCUT2D eigenvalue weighted by Gasteiger charge is -2.15. The average Bonchev–Trinajstić information content (AvgIpc) is 2.80. The van der Waals surface area contributed by atoms with Crippen LogP contribution in [0.1, 0.15) is 18.1 Å². The number of thioether (sulfide) groups is 1. The molecule has 34 heavy (non-hydrogen) atoms. The van der Waals surface area contributed by atoms with Gasteiger partial charge in [0.25, 0.3) is 0 Å². The molecule has 0 aromatic heterocycles. The van der Waals surface area contributed by atoms with E-state index in [1.807, 2.05) is 30.3 Å². The molecule has 0 heterocycles. The molecule has 0 aliphatic carbocycles. The number of hydrogen-bond donors (Lipinski definition) is 2. The summed E-state index contributed by atoms with van der Waals surface area (Å²) in [6.45, 7) is 1.63. The molecule has 1 atom stereocenters. The molecular weight excluding hydrogens is 485 g/mol. The van der Waals surface area contributed by atoms with Crippen LogP contribution in [0.15, 0.2) is 83.8 Å². The van der Waals surface area contributed by atoms with E-state index < -0.39 is 22.9 Å². The standard InChI is InChI=1S/C25H20ClF3N2O2S/c1-16(24(33)31-22-15-18(25(27,28)29)8-13-21(22)26)34-20-11-9-19(10-12-20)30-23(32)14-7-17-5-3-2-4-6-17/h2-16H,1H3,(H,30,32)(H,31,33)/b14-7+. The first kappa shape index (κ1) is 25.4. The summed E-state index contributed by atoms with van der Waals surface area (Å²) in [4.78, 5) is 25.3. The summed E-state index contributed by atoms with van der Waals surface area (Å²) in [5.74, 6) is -0.773. The average molecular weight is 505 g/mol. The molecule has 0 saturated heterocycles. The maximum absolute atomic E-state index is 12.9. The molecule has 3 rings (SSSR count). The van der Waals surface area contributed by atoms with Gasteiger partial charge in [-0.25, -0.2) is 0 Å². The molecule has 0 aliphatic heterocycles. The summed E-state index contributed by atoms with van der Waals surface area (Å²) in [5, 5.41) is 4.60. The summed E-state index contributed by atoms with van der Waals surface area (Å²) >= 11 is 7.16. The highest BCUT2D eigenvalue weighted by Gasteiger charge is 2.31. The maximum atomic E-state index is 12.9. The van der Waals surface area contributed by atoms with Crippen molar-refractivity contribution in [3.8, 4) is 0 Å². The van der Waals surface area contributed by atoms with Gasteiger partial charge in [0.2, 0.25) is 11.8 Å². The van der Waals surface area contributed by atoms with Crippen molar-refractivity contribution in [2.24, 2.45) is 0 Å². The van der Waals surface area contributed by atoms with Crippen LogP contribution in [-0.2, 0) is 15.8 Å². The fourth-order valence-electron chi connectivity index (χ4n) is 2.83. The topological polar surface area (TPSA) is 58.2 Å². The Bertz CT molecular complexity index is 1180. The molecule has 0 spiro atoms. The van der Waals surface area contributed by atoms with Gasteiger partial charge in [-0.1, -0.05) is 41.9 Å². The van der Waals surface area contributed by atoms with Gasteiger partial charge in [-0.3, -0.25) is 9.59 Å². The van der Waals surface area contributed by atoms with Gasteiger partial charge in [-0.15, -0.1) is 11.8 Å². The zero-order valence-corrected chi connectivity index (χ0v) is 19.5. The van der Waals surface area contributed by atoms with E-state index in [4.69, 9.17) is 11.6 Å². The van der Waals surface area contributed by atoms with Crippen LogP contribution in [0, 0.1) is 0 Å². The van der Waals surface area contributed by atoms with Gasteiger partial charge in [0.15, 0.2) is 0 Å². The molecule has 0 aliphatic rings. The molecule has 176 valence electrons.